The van der Waals surface area contributed by atoms with Gasteiger partial charge in [-0.25, -0.2) is 4.79 Å². The Balaban J connectivity index is 2.97. The van der Waals surface area contributed by atoms with Crippen molar-refractivity contribution in [2.75, 3.05) is 19.6 Å². The van der Waals surface area contributed by atoms with Crippen molar-refractivity contribution in [2.24, 2.45) is 27.9 Å². The van der Waals surface area contributed by atoms with Crippen LogP contribution in [-0.4, -0.2) is 77.6 Å². The highest BCUT2D eigenvalue weighted by Gasteiger charge is 2.29. The van der Waals surface area contributed by atoms with Gasteiger partial charge in [-0.15, -0.1) is 0 Å². The number of aliphatic imine (C=N–C) groups is 1. The van der Waals surface area contributed by atoms with Crippen LogP contribution in [0.2, 0.25) is 0 Å². The smallest absolute Gasteiger partial charge is 0.326 e. The molecule has 206 valence electrons. The van der Waals surface area contributed by atoms with Crippen LogP contribution in [0.15, 0.2) is 29.3 Å². The number of carboxylic acid groups (broad SMARTS) is 1. The molecular formula is C23H38N8O6. The largest absolute Gasteiger partial charge is 0.508 e. The summed E-state index contributed by atoms with van der Waals surface area (Å²) >= 11 is 0. The van der Waals surface area contributed by atoms with E-state index in [0.29, 0.717) is 31.4 Å². The third-order valence-electron chi connectivity index (χ3n) is 5.35. The summed E-state index contributed by atoms with van der Waals surface area (Å²) in [6.07, 6.45) is 1.77. The predicted octanol–water partition coefficient (Wildman–Crippen LogP) is -2.38. The molecule has 0 bridgehead atoms. The summed E-state index contributed by atoms with van der Waals surface area (Å²) in [6, 6.07) is 2.55. The van der Waals surface area contributed by atoms with E-state index in [-0.39, 0.29) is 44.1 Å². The summed E-state index contributed by atoms with van der Waals surface area (Å²) in [5, 5.41) is 26.6. The van der Waals surface area contributed by atoms with Crippen molar-refractivity contribution >= 4 is 29.7 Å². The molecule has 0 aliphatic heterocycles. The molecule has 1 aromatic rings. The number of nitrogens with two attached hydrogens (primary N) is 4. The second-order valence-electron chi connectivity index (χ2n) is 8.39. The Hall–Kier alpha value is -3.91. The van der Waals surface area contributed by atoms with Crippen LogP contribution in [-0.2, 0) is 25.6 Å². The molecule has 0 spiro atoms. The van der Waals surface area contributed by atoms with Crippen LogP contribution < -0.4 is 38.9 Å². The molecule has 14 heteroatoms. The molecule has 0 aromatic heterocycles. The number of hydrogen-bond donors (Lipinski definition) is 9. The summed E-state index contributed by atoms with van der Waals surface area (Å²) in [4.78, 5) is 53.6. The van der Waals surface area contributed by atoms with Crippen LogP contribution in [0, 0.1) is 0 Å². The van der Waals surface area contributed by atoms with E-state index in [4.69, 9.17) is 22.9 Å². The number of amides is 3. The number of aliphatic carboxylic acids is 1. The molecule has 1 aromatic carbocycles. The highest BCUT2D eigenvalue weighted by Crippen LogP contribution is 2.12. The first-order valence-electron chi connectivity index (χ1n) is 11.9. The van der Waals surface area contributed by atoms with Crippen LogP contribution in [0.5, 0.6) is 5.75 Å². The number of hydrogen-bond acceptors (Lipinski definition) is 8. The Bertz CT molecular complexity index is 920. The standard InChI is InChI=1S/C23H38N8O6/c24-10-2-1-4-17(21(35)31-18(22(36)37)12-14-6-8-15(32)9-7-14)30-20(34)16(29-19(33)13-25)5-3-11-28-23(26)27/h6-9,16-18,32H,1-5,10-13,24-25H2,(H,29,33)(H,30,34)(H,31,35)(H,36,37)(H4,26,27,28). The SMILES string of the molecule is NCCCCC(NC(=O)C(CCCN=C(N)N)NC(=O)CN)C(=O)NC(Cc1ccc(O)cc1)C(=O)O. The van der Waals surface area contributed by atoms with Gasteiger partial charge in [0.25, 0.3) is 0 Å². The molecule has 13 N–H and O–H groups in total. The molecule has 37 heavy (non-hydrogen) atoms. The van der Waals surface area contributed by atoms with Crippen LogP contribution in [0.1, 0.15) is 37.7 Å². The maximum absolute atomic E-state index is 13.1. The summed E-state index contributed by atoms with van der Waals surface area (Å²) in [5.74, 6) is -3.24. The zero-order valence-electron chi connectivity index (χ0n) is 20.7. The molecule has 3 amide bonds. The van der Waals surface area contributed by atoms with E-state index >= 15 is 0 Å². The zero-order chi connectivity index (χ0) is 27.8. The van der Waals surface area contributed by atoms with Gasteiger partial charge >= 0.3 is 5.97 Å². The molecule has 3 atom stereocenters. The lowest BCUT2D eigenvalue weighted by Gasteiger charge is -2.24. The monoisotopic (exact) mass is 522 g/mol. The van der Waals surface area contributed by atoms with Crippen molar-refractivity contribution in [3.8, 4) is 5.75 Å². The lowest BCUT2D eigenvalue weighted by Crippen LogP contribution is -2.56. The summed E-state index contributed by atoms with van der Waals surface area (Å²) < 4.78 is 0. The number of phenolic OH excluding ortho intramolecular Hbond substituents is 1. The number of nitrogens with zero attached hydrogens (tertiary/aromatic N) is 1. The van der Waals surface area contributed by atoms with Crippen LogP contribution >= 0.6 is 0 Å². The van der Waals surface area contributed by atoms with E-state index in [0.717, 1.165) is 0 Å². The normalized spacial score (nSPS) is 13.0. The first-order chi connectivity index (χ1) is 17.6. The zero-order valence-corrected chi connectivity index (χ0v) is 20.7. The molecule has 0 saturated carbocycles. The van der Waals surface area contributed by atoms with Crippen molar-refractivity contribution in [2.45, 2.75) is 56.7 Å². The number of unbranched alkanes of at least 4 members (excludes halogenated alkanes) is 1. The van der Waals surface area contributed by atoms with Crippen molar-refractivity contribution in [1.29, 1.82) is 0 Å². The number of aromatic hydroxyl groups is 1. The minimum Gasteiger partial charge on any atom is -0.508 e. The Morgan fingerprint density at radius 3 is 1.95 bits per heavy atom. The average Bonchev–Trinajstić information content (AvgIpc) is 2.85. The summed E-state index contributed by atoms with van der Waals surface area (Å²) in [6.45, 7) is 0.263. The number of carbonyl (C=O) groups is 4. The molecule has 0 fully saturated rings. The van der Waals surface area contributed by atoms with E-state index in [1.807, 2.05) is 0 Å². The van der Waals surface area contributed by atoms with Gasteiger partial charge in [0, 0.05) is 13.0 Å². The Morgan fingerprint density at radius 1 is 0.838 bits per heavy atom. The van der Waals surface area contributed by atoms with Gasteiger partial charge in [-0.05, 0) is 56.3 Å². The average molecular weight is 523 g/mol. The topological polar surface area (TPSA) is 261 Å². The number of benzene rings is 1. The number of phenols is 1. The van der Waals surface area contributed by atoms with Gasteiger partial charge < -0.3 is 49.1 Å². The highest BCUT2D eigenvalue weighted by atomic mass is 16.4. The van der Waals surface area contributed by atoms with Gasteiger partial charge in [0.2, 0.25) is 17.7 Å². The van der Waals surface area contributed by atoms with Crippen LogP contribution in [0.3, 0.4) is 0 Å². The maximum Gasteiger partial charge on any atom is 0.326 e. The molecule has 0 radical (unpaired) electrons. The fourth-order valence-electron chi connectivity index (χ4n) is 3.40. The first kappa shape index (κ1) is 31.1. The van der Waals surface area contributed by atoms with E-state index in [1.165, 1.54) is 12.1 Å². The summed E-state index contributed by atoms with van der Waals surface area (Å²) in [7, 11) is 0. The van der Waals surface area contributed by atoms with Crippen molar-refractivity contribution < 1.29 is 29.4 Å². The number of carboxylic acids is 1. The van der Waals surface area contributed by atoms with Gasteiger partial charge in [0.1, 0.15) is 23.9 Å². The minimum atomic E-state index is -1.28. The number of nitrogens with one attached hydrogen (secondary N) is 3. The van der Waals surface area contributed by atoms with Crippen LogP contribution in [0.25, 0.3) is 0 Å². The molecule has 1 rings (SSSR count). The molecule has 0 saturated heterocycles. The van der Waals surface area contributed by atoms with Gasteiger partial charge in [0.05, 0.1) is 6.54 Å². The van der Waals surface area contributed by atoms with Crippen molar-refractivity contribution in [3.05, 3.63) is 29.8 Å². The Labute approximate surface area is 215 Å². The third kappa shape index (κ3) is 12.6. The first-order valence-corrected chi connectivity index (χ1v) is 11.9. The second kappa shape index (κ2) is 16.7. The Kier molecular flexibility index (Phi) is 14.1. The molecular weight excluding hydrogens is 484 g/mol. The summed E-state index contributed by atoms with van der Waals surface area (Å²) in [5.41, 5.74) is 22.1. The fraction of sp³-hybridized carbons (Fsp3) is 0.522. The number of carbonyl (C=O) groups excluding carboxylic acids is 3. The molecule has 0 aliphatic carbocycles. The lowest BCUT2D eigenvalue weighted by molar-refractivity contribution is -0.142. The fourth-order valence-corrected chi connectivity index (χ4v) is 3.40. The predicted molar refractivity (Wildman–Crippen MR) is 137 cm³/mol. The molecule has 14 nitrogen and oxygen atoms in total. The minimum absolute atomic E-state index is 0.0249. The van der Waals surface area contributed by atoms with Gasteiger partial charge in [-0.2, -0.15) is 0 Å². The van der Waals surface area contributed by atoms with E-state index in [2.05, 4.69) is 20.9 Å². The van der Waals surface area contributed by atoms with Gasteiger partial charge in [-0.3, -0.25) is 19.4 Å². The van der Waals surface area contributed by atoms with Gasteiger partial charge in [0.15, 0.2) is 5.96 Å². The number of rotatable bonds is 17. The second-order valence-corrected chi connectivity index (χ2v) is 8.39. The van der Waals surface area contributed by atoms with E-state index in [9.17, 15) is 29.4 Å². The van der Waals surface area contributed by atoms with Crippen molar-refractivity contribution in [3.63, 3.8) is 0 Å². The van der Waals surface area contributed by atoms with E-state index in [1.54, 1.807) is 12.1 Å². The quantitative estimate of drug-likeness (QED) is 0.0595. The molecule has 0 aliphatic rings. The molecule has 0 heterocycles. The van der Waals surface area contributed by atoms with Crippen molar-refractivity contribution in [1.82, 2.24) is 16.0 Å². The third-order valence-corrected chi connectivity index (χ3v) is 5.35. The van der Waals surface area contributed by atoms with Gasteiger partial charge in [-0.1, -0.05) is 12.1 Å². The number of guanidine groups is 1. The Morgan fingerprint density at radius 2 is 1.41 bits per heavy atom. The molecule has 3 unspecified atom stereocenters. The van der Waals surface area contributed by atoms with Crippen LogP contribution in [0.4, 0.5) is 0 Å². The lowest BCUT2D eigenvalue weighted by atomic mass is 10.0. The van der Waals surface area contributed by atoms with E-state index < -0.39 is 41.8 Å². The maximum atomic E-state index is 13.1. The highest BCUT2D eigenvalue weighted by molar-refractivity contribution is 5.93.